The van der Waals surface area contributed by atoms with Crippen LogP contribution in [0.4, 0.5) is 0 Å². The summed E-state index contributed by atoms with van der Waals surface area (Å²) in [6, 6.07) is 0. The molecule has 0 aliphatic carbocycles. The lowest BCUT2D eigenvalue weighted by Gasteiger charge is -2.13. The van der Waals surface area contributed by atoms with Gasteiger partial charge in [-0.2, -0.15) is 0 Å². The van der Waals surface area contributed by atoms with Crippen molar-refractivity contribution in [3.8, 4) is 0 Å². The fourth-order valence-electron chi connectivity index (χ4n) is 0.790. The molecule has 0 saturated carbocycles. The molecule has 0 bridgehead atoms. The second-order valence-corrected chi connectivity index (χ2v) is 2.72. The van der Waals surface area contributed by atoms with Gasteiger partial charge in [-0.25, -0.2) is 0 Å². The van der Waals surface area contributed by atoms with Crippen LogP contribution in [0.5, 0.6) is 0 Å². The average Bonchev–Trinajstić information content (AvgIpc) is 2.05. The summed E-state index contributed by atoms with van der Waals surface area (Å²) in [6.07, 6.45) is 0.579. The van der Waals surface area contributed by atoms with Crippen molar-refractivity contribution in [2.24, 2.45) is 5.73 Å². The standard InChI is InChI=1S/C8H16N2O2/c1-4-7(9)6(5-11)8(12)10(2)3/h11H,4-5,9H2,1-3H3. The zero-order chi connectivity index (χ0) is 9.72. The minimum absolute atomic E-state index is 0.225. The molecule has 3 N–H and O–H groups in total. The normalized spacial score (nSPS) is 12.3. The Morgan fingerprint density at radius 1 is 1.50 bits per heavy atom. The maximum atomic E-state index is 11.3. The Morgan fingerprint density at radius 2 is 2.00 bits per heavy atom. The van der Waals surface area contributed by atoms with E-state index in [2.05, 4.69) is 0 Å². The summed E-state index contributed by atoms with van der Waals surface area (Å²) < 4.78 is 0. The highest BCUT2D eigenvalue weighted by Crippen LogP contribution is 2.04. The Labute approximate surface area is 72.7 Å². The molecule has 70 valence electrons. The predicted molar refractivity (Wildman–Crippen MR) is 47.3 cm³/mol. The molecule has 4 nitrogen and oxygen atoms in total. The van der Waals surface area contributed by atoms with Crippen LogP contribution in [0.25, 0.3) is 0 Å². The number of carbonyl (C=O) groups is 1. The quantitative estimate of drug-likeness (QED) is 0.574. The van der Waals surface area contributed by atoms with E-state index < -0.39 is 0 Å². The molecule has 0 spiro atoms. The van der Waals surface area contributed by atoms with E-state index in [1.165, 1.54) is 4.90 Å². The van der Waals surface area contributed by atoms with Crippen molar-refractivity contribution in [3.05, 3.63) is 11.3 Å². The first-order chi connectivity index (χ1) is 5.54. The van der Waals surface area contributed by atoms with E-state index in [0.29, 0.717) is 17.7 Å². The number of aliphatic hydroxyl groups excluding tert-OH is 1. The largest absolute Gasteiger partial charge is 0.402 e. The minimum atomic E-state index is -0.295. The molecular formula is C8H16N2O2. The third-order valence-corrected chi connectivity index (χ3v) is 1.59. The predicted octanol–water partition coefficient (Wildman–Crippen LogP) is -0.310. The fourth-order valence-corrected chi connectivity index (χ4v) is 0.790. The van der Waals surface area contributed by atoms with E-state index in [0.717, 1.165) is 0 Å². The second-order valence-electron chi connectivity index (χ2n) is 2.72. The van der Waals surface area contributed by atoms with Crippen LogP contribution in [0.15, 0.2) is 11.3 Å². The summed E-state index contributed by atoms with van der Waals surface area (Å²) in [7, 11) is 3.25. The molecule has 0 fully saturated rings. The first kappa shape index (κ1) is 11.0. The molecule has 0 rings (SSSR count). The van der Waals surface area contributed by atoms with Gasteiger partial charge >= 0.3 is 0 Å². The molecular weight excluding hydrogens is 156 g/mol. The van der Waals surface area contributed by atoms with E-state index in [1.54, 1.807) is 14.1 Å². The lowest BCUT2D eigenvalue weighted by molar-refractivity contribution is -0.125. The topological polar surface area (TPSA) is 66.6 Å². The lowest BCUT2D eigenvalue weighted by Crippen LogP contribution is -2.27. The van der Waals surface area contributed by atoms with E-state index in [1.807, 2.05) is 6.92 Å². The van der Waals surface area contributed by atoms with Gasteiger partial charge in [-0.15, -0.1) is 0 Å². The zero-order valence-electron chi connectivity index (χ0n) is 7.79. The van der Waals surface area contributed by atoms with E-state index in [9.17, 15) is 4.79 Å². The number of likely N-dealkylation sites (N-methyl/N-ethyl adjacent to an activating group) is 1. The Kier molecular flexibility index (Phi) is 4.36. The van der Waals surface area contributed by atoms with Crippen molar-refractivity contribution in [2.75, 3.05) is 20.7 Å². The maximum Gasteiger partial charge on any atom is 0.253 e. The van der Waals surface area contributed by atoms with Gasteiger partial charge in [-0.05, 0) is 6.42 Å². The van der Waals surface area contributed by atoms with Crippen LogP contribution in [0.1, 0.15) is 13.3 Å². The Bertz CT molecular complexity index is 197. The van der Waals surface area contributed by atoms with Crippen LogP contribution in [0.2, 0.25) is 0 Å². The van der Waals surface area contributed by atoms with Gasteiger partial charge in [0.2, 0.25) is 0 Å². The molecule has 0 aromatic heterocycles. The second kappa shape index (κ2) is 4.77. The fraction of sp³-hybridized carbons (Fsp3) is 0.625. The van der Waals surface area contributed by atoms with Gasteiger partial charge in [-0.3, -0.25) is 4.79 Å². The Hall–Kier alpha value is -1.03. The molecule has 0 aliphatic heterocycles. The molecule has 1 amide bonds. The van der Waals surface area contributed by atoms with Gasteiger partial charge in [0.1, 0.15) is 0 Å². The maximum absolute atomic E-state index is 11.3. The Balaban J connectivity index is 4.67. The number of hydrogen-bond acceptors (Lipinski definition) is 3. The summed E-state index contributed by atoms with van der Waals surface area (Å²) in [6.45, 7) is 1.55. The molecule has 0 unspecified atom stereocenters. The smallest absolute Gasteiger partial charge is 0.253 e. The molecule has 0 atom stereocenters. The molecule has 0 aromatic rings. The molecule has 0 aliphatic rings. The van der Waals surface area contributed by atoms with Gasteiger partial charge in [0.15, 0.2) is 0 Å². The number of nitrogens with two attached hydrogens (primary N) is 1. The number of hydrogen-bond donors (Lipinski definition) is 2. The first-order valence-corrected chi connectivity index (χ1v) is 3.84. The first-order valence-electron chi connectivity index (χ1n) is 3.84. The summed E-state index contributed by atoms with van der Waals surface area (Å²) in [5, 5.41) is 8.86. The van der Waals surface area contributed by atoms with Crippen molar-refractivity contribution >= 4 is 5.91 Å². The van der Waals surface area contributed by atoms with Gasteiger partial charge in [0.05, 0.1) is 12.2 Å². The van der Waals surface area contributed by atoms with Gasteiger partial charge < -0.3 is 15.7 Å². The van der Waals surface area contributed by atoms with E-state index >= 15 is 0 Å². The monoisotopic (exact) mass is 172 g/mol. The number of amides is 1. The van der Waals surface area contributed by atoms with Gasteiger partial charge in [0, 0.05) is 19.8 Å². The van der Waals surface area contributed by atoms with Crippen LogP contribution < -0.4 is 5.73 Å². The highest BCUT2D eigenvalue weighted by Gasteiger charge is 2.13. The molecule has 0 radical (unpaired) electrons. The highest BCUT2D eigenvalue weighted by molar-refractivity contribution is 5.93. The minimum Gasteiger partial charge on any atom is -0.402 e. The van der Waals surface area contributed by atoms with Crippen molar-refractivity contribution in [1.29, 1.82) is 0 Å². The summed E-state index contributed by atoms with van der Waals surface area (Å²) >= 11 is 0. The van der Waals surface area contributed by atoms with E-state index in [4.69, 9.17) is 10.8 Å². The molecule has 0 aromatic carbocycles. The van der Waals surface area contributed by atoms with Crippen molar-refractivity contribution in [1.82, 2.24) is 4.90 Å². The van der Waals surface area contributed by atoms with Crippen molar-refractivity contribution < 1.29 is 9.90 Å². The highest BCUT2D eigenvalue weighted by atomic mass is 16.3. The molecule has 4 heteroatoms. The van der Waals surface area contributed by atoms with Crippen LogP contribution in [-0.2, 0) is 4.79 Å². The number of rotatable bonds is 3. The number of aliphatic hydroxyl groups is 1. The molecule has 0 saturated heterocycles. The number of allylic oxidation sites excluding steroid dienone is 1. The van der Waals surface area contributed by atoms with Crippen LogP contribution in [0.3, 0.4) is 0 Å². The van der Waals surface area contributed by atoms with Gasteiger partial charge in [-0.1, -0.05) is 6.92 Å². The summed E-state index contributed by atoms with van der Waals surface area (Å²) in [5.41, 5.74) is 6.29. The van der Waals surface area contributed by atoms with E-state index in [-0.39, 0.29) is 12.5 Å². The zero-order valence-corrected chi connectivity index (χ0v) is 7.79. The average molecular weight is 172 g/mol. The number of carbonyl (C=O) groups excluding carboxylic acids is 1. The summed E-state index contributed by atoms with van der Waals surface area (Å²) in [4.78, 5) is 12.7. The van der Waals surface area contributed by atoms with Crippen LogP contribution in [0, 0.1) is 0 Å². The summed E-state index contributed by atoms with van der Waals surface area (Å²) in [5.74, 6) is -0.225. The number of nitrogens with zero attached hydrogens (tertiary/aromatic N) is 1. The third kappa shape index (κ3) is 2.54. The third-order valence-electron chi connectivity index (χ3n) is 1.59. The Morgan fingerprint density at radius 3 is 2.25 bits per heavy atom. The van der Waals surface area contributed by atoms with Crippen molar-refractivity contribution in [3.63, 3.8) is 0 Å². The lowest BCUT2D eigenvalue weighted by atomic mass is 10.1. The molecule has 0 heterocycles. The SMILES string of the molecule is CCC(N)=C(CO)C(=O)N(C)C. The molecule has 12 heavy (non-hydrogen) atoms. The van der Waals surface area contributed by atoms with Crippen LogP contribution >= 0.6 is 0 Å². The van der Waals surface area contributed by atoms with Crippen LogP contribution in [-0.4, -0.2) is 36.6 Å². The van der Waals surface area contributed by atoms with Crippen molar-refractivity contribution in [2.45, 2.75) is 13.3 Å². The van der Waals surface area contributed by atoms with Gasteiger partial charge in [0.25, 0.3) is 5.91 Å².